The van der Waals surface area contributed by atoms with E-state index in [1.165, 1.54) is 0 Å². The van der Waals surface area contributed by atoms with Gasteiger partial charge in [0.05, 0.1) is 19.8 Å². The maximum Gasteiger partial charge on any atom is 0.193 e. The second kappa shape index (κ2) is 13.4. The van der Waals surface area contributed by atoms with E-state index in [0.29, 0.717) is 25.0 Å². The summed E-state index contributed by atoms with van der Waals surface area (Å²) < 4.78 is 16.3. The van der Waals surface area contributed by atoms with Gasteiger partial charge in [-0.3, -0.25) is 4.99 Å². The molecule has 0 aromatic heterocycles. The molecule has 0 aliphatic carbocycles. The fraction of sp³-hybridized carbons (Fsp3) is 0.944. The average molecular weight is 344 g/mol. The fourth-order valence-electron chi connectivity index (χ4n) is 2.65. The molecule has 24 heavy (non-hydrogen) atoms. The quantitative estimate of drug-likeness (QED) is 0.334. The van der Waals surface area contributed by atoms with Crippen molar-refractivity contribution in [2.45, 2.75) is 33.6 Å². The number of aliphatic imine (C=N–C) groups is 1. The molecule has 1 atom stereocenters. The van der Waals surface area contributed by atoms with Gasteiger partial charge in [0.1, 0.15) is 0 Å². The Kier molecular flexibility index (Phi) is 11.9. The summed E-state index contributed by atoms with van der Waals surface area (Å²) in [6, 6.07) is 0. The molecule has 0 saturated carbocycles. The fourth-order valence-corrected chi connectivity index (χ4v) is 2.65. The van der Waals surface area contributed by atoms with Gasteiger partial charge < -0.3 is 24.4 Å². The van der Waals surface area contributed by atoms with E-state index >= 15 is 0 Å². The zero-order chi connectivity index (χ0) is 17.6. The van der Waals surface area contributed by atoms with Gasteiger partial charge in [-0.2, -0.15) is 0 Å². The standard InChI is InChI=1S/C18H37N3O3/c1-5-19-18(20-8-6-10-23-14-16(2)3)21-9-7-17(13-21)15-24-12-11-22-4/h16-17H,5-15H2,1-4H3,(H,19,20). The number of nitrogens with zero attached hydrogens (tertiary/aromatic N) is 2. The summed E-state index contributed by atoms with van der Waals surface area (Å²) in [5, 5.41) is 3.40. The topological polar surface area (TPSA) is 55.3 Å². The van der Waals surface area contributed by atoms with Crippen LogP contribution in [0.25, 0.3) is 0 Å². The van der Waals surface area contributed by atoms with Crippen LogP contribution in [0, 0.1) is 11.8 Å². The molecule has 1 rings (SSSR count). The Morgan fingerprint density at radius 2 is 2.08 bits per heavy atom. The molecule has 1 fully saturated rings. The molecule has 1 heterocycles. The second-order valence-electron chi connectivity index (χ2n) is 6.73. The van der Waals surface area contributed by atoms with Crippen LogP contribution >= 0.6 is 0 Å². The normalized spacial score (nSPS) is 18.6. The Morgan fingerprint density at radius 1 is 1.25 bits per heavy atom. The molecule has 6 heteroatoms. The Hall–Kier alpha value is -0.850. The van der Waals surface area contributed by atoms with Crippen molar-refractivity contribution in [1.82, 2.24) is 10.2 Å². The van der Waals surface area contributed by atoms with Crippen molar-refractivity contribution in [3.63, 3.8) is 0 Å². The minimum Gasteiger partial charge on any atom is -0.382 e. The summed E-state index contributed by atoms with van der Waals surface area (Å²) >= 11 is 0. The highest BCUT2D eigenvalue weighted by Crippen LogP contribution is 2.16. The van der Waals surface area contributed by atoms with Crippen molar-refractivity contribution in [1.29, 1.82) is 0 Å². The lowest BCUT2D eigenvalue weighted by molar-refractivity contribution is 0.0536. The number of rotatable bonds is 12. The SMILES string of the molecule is CCNC(=NCCCOCC(C)C)N1CCC(COCCOC)C1. The van der Waals surface area contributed by atoms with E-state index in [1.807, 2.05) is 0 Å². The minimum atomic E-state index is 0.583. The lowest BCUT2D eigenvalue weighted by Gasteiger charge is -2.21. The molecule has 0 aromatic rings. The Bertz CT molecular complexity index is 337. The first-order valence-corrected chi connectivity index (χ1v) is 9.35. The molecule has 1 aliphatic rings. The molecule has 0 radical (unpaired) electrons. The molecule has 0 aromatic carbocycles. The van der Waals surface area contributed by atoms with Gasteiger partial charge in [-0.05, 0) is 25.7 Å². The highest BCUT2D eigenvalue weighted by Gasteiger charge is 2.24. The third-order valence-electron chi connectivity index (χ3n) is 3.87. The lowest BCUT2D eigenvalue weighted by atomic mass is 10.1. The molecular formula is C18H37N3O3. The molecule has 0 spiro atoms. The van der Waals surface area contributed by atoms with Gasteiger partial charge >= 0.3 is 0 Å². The molecule has 1 unspecified atom stereocenters. The van der Waals surface area contributed by atoms with Gasteiger partial charge in [-0.25, -0.2) is 0 Å². The van der Waals surface area contributed by atoms with Crippen molar-refractivity contribution in [3.8, 4) is 0 Å². The van der Waals surface area contributed by atoms with Crippen LogP contribution in [0.4, 0.5) is 0 Å². The number of ether oxygens (including phenoxy) is 3. The smallest absolute Gasteiger partial charge is 0.193 e. The molecular weight excluding hydrogens is 306 g/mol. The van der Waals surface area contributed by atoms with Crippen LogP contribution in [-0.4, -0.2) is 77.2 Å². The molecule has 0 amide bonds. The highest BCUT2D eigenvalue weighted by molar-refractivity contribution is 5.80. The van der Waals surface area contributed by atoms with Gasteiger partial charge in [0.2, 0.25) is 0 Å². The van der Waals surface area contributed by atoms with Gasteiger partial charge in [0.25, 0.3) is 0 Å². The van der Waals surface area contributed by atoms with Crippen LogP contribution in [0.3, 0.4) is 0 Å². The van der Waals surface area contributed by atoms with Gasteiger partial charge in [0, 0.05) is 52.4 Å². The van der Waals surface area contributed by atoms with E-state index in [9.17, 15) is 0 Å². The zero-order valence-corrected chi connectivity index (χ0v) is 16.1. The average Bonchev–Trinajstić information content (AvgIpc) is 3.02. The van der Waals surface area contributed by atoms with E-state index in [-0.39, 0.29) is 0 Å². The molecule has 1 N–H and O–H groups in total. The summed E-state index contributed by atoms with van der Waals surface area (Å²) in [5.41, 5.74) is 0. The number of likely N-dealkylation sites (tertiary alicyclic amines) is 1. The summed E-state index contributed by atoms with van der Waals surface area (Å²) in [6.45, 7) is 14.0. The van der Waals surface area contributed by atoms with Crippen molar-refractivity contribution in [3.05, 3.63) is 0 Å². The molecule has 6 nitrogen and oxygen atoms in total. The van der Waals surface area contributed by atoms with Crippen LogP contribution in [0.15, 0.2) is 4.99 Å². The summed E-state index contributed by atoms with van der Waals surface area (Å²) in [4.78, 5) is 7.10. The summed E-state index contributed by atoms with van der Waals surface area (Å²) in [7, 11) is 1.70. The monoisotopic (exact) mass is 343 g/mol. The maximum absolute atomic E-state index is 5.66. The van der Waals surface area contributed by atoms with E-state index in [1.54, 1.807) is 7.11 Å². The number of guanidine groups is 1. The molecule has 0 bridgehead atoms. The highest BCUT2D eigenvalue weighted by atomic mass is 16.5. The van der Waals surface area contributed by atoms with Crippen LogP contribution in [0.5, 0.6) is 0 Å². The summed E-state index contributed by atoms with van der Waals surface area (Å²) in [5.74, 6) is 2.21. The molecule has 142 valence electrons. The maximum atomic E-state index is 5.66. The predicted molar refractivity (Wildman–Crippen MR) is 98.6 cm³/mol. The predicted octanol–water partition coefficient (Wildman–Crippen LogP) is 2.00. The number of hydrogen-bond donors (Lipinski definition) is 1. The van der Waals surface area contributed by atoms with Crippen LogP contribution < -0.4 is 5.32 Å². The van der Waals surface area contributed by atoms with E-state index in [0.717, 1.165) is 64.8 Å². The zero-order valence-electron chi connectivity index (χ0n) is 16.1. The number of hydrogen-bond acceptors (Lipinski definition) is 4. The van der Waals surface area contributed by atoms with Crippen molar-refractivity contribution < 1.29 is 14.2 Å². The third-order valence-corrected chi connectivity index (χ3v) is 3.87. The first kappa shape index (κ1) is 21.2. The summed E-state index contributed by atoms with van der Waals surface area (Å²) in [6.07, 6.45) is 2.13. The van der Waals surface area contributed by atoms with Gasteiger partial charge in [-0.15, -0.1) is 0 Å². The van der Waals surface area contributed by atoms with E-state index < -0.39 is 0 Å². The van der Waals surface area contributed by atoms with Crippen LogP contribution in [0.1, 0.15) is 33.6 Å². The number of methoxy groups -OCH3 is 1. The second-order valence-corrected chi connectivity index (χ2v) is 6.73. The van der Waals surface area contributed by atoms with Gasteiger partial charge in [0.15, 0.2) is 5.96 Å². The van der Waals surface area contributed by atoms with Gasteiger partial charge in [-0.1, -0.05) is 13.8 Å². The molecule has 1 aliphatic heterocycles. The van der Waals surface area contributed by atoms with E-state index in [2.05, 4.69) is 31.0 Å². The van der Waals surface area contributed by atoms with Crippen molar-refractivity contribution in [2.24, 2.45) is 16.8 Å². The lowest BCUT2D eigenvalue weighted by Crippen LogP contribution is -2.40. The first-order chi connectivity index (χ1) is 11.7. The van der Waals surface area contributed by atoms with Crippen LogP contribution in [0.2, 0.25) is 0 Å². The Balaban J connectivity index is 2.27. The molecule has 1 saturated heterocycles. The third kappa shape index (κ3) is 9.45. The largest absolute Gasteiger partial charge is 0.382 e. The Morgan fingerprint density at radius 3 is 2.79 bits per heavy atom. The van der Waals surface area contributed by atoms with Crippen molar-refractivity contribution in [2.75, 3.05) is 66.3 Å². The first-order valence-electron chi connectivity index (χ1n) is 9.35. The Labute approximate surface area is 147 Å². The van der Waals surface area contributed by atoms with Crippen LogP contribution in [-0.2, 0) is 14.2 Å². The minimum absolute atomic E-state index is 0.583. The number of nitrogens with one attached hydrogen (secondary N) is 1. The van der Waals surface area contributed by atoms with Crippen molar-refractivity contribution >= 4 is 5.96 Å². The van der Waals surface area contributed by atoms with E-state index in [4.69, 9.17) is 19.2 Å².